The molecule has 6 nitrogen and oxygen atoms in total. The van der Waals surface area contributed by atoms with E-state index in [4.69, 9.17) is 5.11 Å². The largest absolute Gasteiger partial charge is 0.481 e. The van der Waals surface area contributed by atoms with E-state index in [1.807, 2.05) is 0 Å². The second kappa shape index (κ2) is 5.59. The molecule has 1 fully saturated rings. The van der Waals surface area contributed by atoms with Gasteiger partial charge in [0.2, 0.25) is 0 Å². The zero-order valence-corrected chi connectivity index (χ0v) is 12.6. The molecule has 22 heavy (non-hydrogen) atoms. The van der Waals surface area contributed by atoms with Crippen LogP contribution in [0.5, 0.6) is 0 Å². The number of H-pyrrole nitrogens is 1. The molecule has 6 heteroatoms. The minimum Gasteiger partial charge on any atom is -0.481 e. The summed E-state index contributed by atoms with van der Waals surface area (Å²) in [5, 5.41) is 8.98. The van der Waals surface area contributed by atoms with Crippen LogP contribution < -0.4 is 0 Å². The van der Waals surface area contributed by atoms with Crippen molar-refractivity contribution < 1.29 is 19.5 Å². The van der Waals surface area contributed by atoms with Crippen LogP contribution in [0, 0.1) is 6.92 Å². The Morgan fingerprint density at radius 1 is 1.32 bits per heavy atom. The van der Waals surface area contributed by atoms with Crippen LogP contribution in [0.3, 0.4) is 0 Å². The lowest BCUT2D eigenvalue weighted by molar-refractivity contribution is -0.137. The van der Waals surface area contributed by atoms with Gasteiger partial charge in [0.1, 0.15) is 5.69 Å². The van der Waals surface area contributed by atoms with Crippen molar-refractivity contribution in [3.05, 3.63) is 22.5 Å². The Balaban J connectivity index is 1.89. The normalized spacial score (nSPS) is 21.0. The molecule has 1 saturated heterocycles. The molecule has 2 N–H and O–H groups in total. The van der Waals surface area contributed by atoms with Gasteiger partial charge in [0, 0.05) is 30.3 Å². The van der Waals surface area contributed by atoms with Gasteiger partial charge in [0.05, 0.1) is 6.42 Å². The third kappa shape index (κ3) is 2.42. The van der Waals surface area contributed by atoms with Crippen molar-refractivity contribution >= 4 is 17.7 Å². The fraction of sp³-hybridized carbons (Fsp3) is 0.562. The molecular formula is C16H20N2O4. The first-order valence-electron chi connectivity index (χ1n) is 7.76. The maximum atomic E-state index is 12.8. The summed E-state index contributed by atoms with van der Waals surface area (Å²) in [5.41, 5.74) is 2.69. The summed E-state index contributed by atoms with van der Waals surface area (Å²) in [5.74, 6) is -0.969. The Hall–Kier alpha value is -2.11. The van der Waals surface area contributed by atoms with Gasteiger partial charge in [-0.25, -0.2) is 0 Å². The smallest absolute Gasteiger partial charge is 0.305 e. The van der Waals surface area contributed by atoms with E-state index in [0.717, 1.165) is 31.4 Å². The Morgan fingerprint density at radius 2 is 2.09 bits per heavy atom. The van der Waals surface area contributed by atoms with Crippen LogP contribution in [0.1, 0.15) is 64.2 Å². The minimum atomic E-state index is -0.887. The second-order valence-corrected chi connectivity index (χ2v) is 6.15. The number of carbonyl (C=O) groups excluding carboxylic acids is 2. The predicted octanol–water partition coefficient (Wildman–Crippen LogP) is 1.92. The number of likely N-dealkylation sites (tertiary alicyclic amines) is 1. The first-order valence-corrected chi connectivity index (χ1v) is 7.76. The number of hydrogen-bond donors (Lipinski definition) is 2. The molecule has 0 spiro atoms. The number of amides is 1. The maximum Gasteiger partial charge on any atom is 0.305 e. The van der Waals surface area contributed by atoms with Crippen LogP contribution in [0.2, 0.25) is 0 Å². The molecule has 1 amide bonds. The minimum absolute atomic E-state index is 0.0237. The van der Waals surface area contributed by atoms with Gasteiger partial charge in [0.15, 0.2) is 5.78 Å². The average Bonchev–Trinajstić information content (AvgIpc) is 3.03. The van der Waals surface area contributed by atoms with E-state index in [0.29, 0.717) is 29.8 Å². The third-order valence-electron chi connectivity index (χ3n) is 4.70. The standard InChI is InChI=1S/C16H20N2O4/c1-9-14-11(5-2-6-12(14)19)17-15(9)16(22)18-7-3-4-10(18)8-13(20)21/h10,17H,2-8H2,1H3,(H,20,21). The monoisotopic (exact) mass is 304 g/mol. The summed E-state index contributed by atoms with van der Waals surface area (Å²) >= 11 is 0. The second-order valence-electron chi connectivity index (χ2n) is 6.15. The Kier molecular flexibility index (Phi) is 3.76. The molecule has 0 bridgehead atoms. The quantitative estimate of drug-likeness (QED) is 0.892. The van der Waals surface area contributed by atoms with Gasteiger partial charge >= 0.3 is 5.97 Å². The molecule has 0 radical (unpaired) electrons. The van der Waals surface area contributed by atoms with E-state index in [1.54, 1.807) is 11.8 Å². The molecule has 1 aromatic rings. The van der Waals surface area contributed by atoms with Gasteiger partial charge < -0.3 is 15.0 Å². The molecule has 1 aliphatic carbocycles. The number of carboxylic acids is 1. The van der Waals surface area contributed by atoms with Crippen LogP contribution in [0.15, 0.2) is 0 Å². The molecule has 1 aliphatic heterocycles. The summed E-state index contributed by atoms with van der Waals surface area (Å²) in [6.45, 7) is 2.38. The maximum absolute atomic E-state index is 12.8. The number of fused-ring (bicyclic) bond motifs is 1. The summed E-state index contributed by atoms with van der Waals surface area (Å²) in [4.78, 5) is 40.5. The summed E-state index contributed by atoms with van der Waals surface area (Å²) < 4.78 is 0. The highest BCUT2D eigenvalue weighted by molar-refractivity contribution is 6.04. The predicted molar refractivity (Wildman–Crippen MR) is 79.1 cm³/mol. The molecule has 1 unspecified atom stereocenters. The van der Waals surface area contributed by atoms with Gasteiger partial charge in [-0.2, -0.15) is 0 Å². The number of carbonyl (C=O) groups is 3. The average molecular weight is 304 g/mol. The Labute approximate surface area is 128 Å². The number of rotatable bonds is 3. The van der Waals surface area contributed by atoms with Crippen molar-refractivity contribution in [2.75, 3.05) is 6.54 Å². The number of carboxylic acid groups (broad SMARTS) is 1. The lowest BCUT2D eigenvalue weighted by atomic mass is 9.93. The number of nitrogens with zero attached hydrogens (tertiary/aromatic N) is 1. The third-order valence-corrected chi connectivity index (χ3v) is 4.70. The van der Waals surface area contributed by atoms with Gasteiger partial charge in [-0.3, -0.25) is 14.4 Å². The fourth-order valence-electron chi connectivity index (χ4n) is 3.65. The van der Waals surface area contributed by atoms with Crippen molar-refractivity contribution in [3.8, 4) is 0 Å². The number of hydrogen-bond acceptors (Lipinski definition) is 3. The zero-order chi connectivity index (χ0) is 15.9. The molecular weight excluding hydrogens is 284 g/mol. The number of Topliss-reactive ketones (excluding diaryl/α,β-unsaturated/α-hetero) is 1. The number of nitrogens with one attached hydrogen (secondary N) is 1. The highest BCUT2D eigenvalue weighted by Crippen LogP contribution is 2.29. The molecule has 1 atom stereocenters. The molecule has 3 rings (SSSR count). The molecule has 118 valence electrons. The van der Waals surface area contributed by atoms with Crippen molar-refractivity contribution in [1.29, 1.82) is 0 Å². The summed E-state index contributed by atoms with van der Waals surface area (Å²) in [6.07, 6.45) is 3.64. The van der Waals surface area contributed by atoms with E-state index >= 15 is 0 Å². The molecule has 1 aromatic heterocycles. The number of aryl methyl sites for hydroxylation is 1. The van der Waals surface area contributed by atoms with Crippen molar-refractivity contribution in [2.45, 2.75) is 51.5 Å². The first-order chi connectivity index (χ1) is 10.5. The Bertz CT molecular complexity index is 647. The van der Waals surface area contributed by atoms with Crippen LogP contribution in [-0.4, -0.2) is 45.2 Å². The van der Waals surface area contributed by atoms with Crippen molar-refractivity contribution in [3.63, 3.8) is 0 Å². The van der Waals surface area contributed by atoms with Gasteiger partial charge in [0.25, 0.3) is 5.91 Å². The first kappa shape index (κ1) is 14.8. The van der Waals surface area contributed by atoms with E-state index in [2.05, 4.69) is 4.98 Å². The van der Waals surface area contributed by atoms with E-state index < -0.39 is 5.97 Å². The molecule has 0 saturated carbocycles. The van der Waals surface area contributed by atoms with Gasteiger partial charge in [-0.1, -0.05) is 0 Å². The van der Waals surface area contributed by atoms with Gasteiger partial charge in [-0.05, 0) is 38.2 Å². The summed E-state index contributed by atoms with van der Waals surface area (Å²) in [7, 11) is 0. The number of aromatic amines is 1. The molecule has 2 aliphatic rings. The van der Waals surface area contributed by atoms with Crippen LogP contribution >= 0.6 is 0 Å². The summed E-state index contributed by atoms with van der Waals surface area (Å²) in [6, 6.07) is -0.250. The van der Waals surface area contributed by atoms with Crippen LogP contribution in [0.25, 0.3) is 0 Å². The fourth-order valence-corrected chi connectivity index (χ4v) is 3.65. The number of aromatic nitrogens is 1. The van der Waals surface area contributed by atoms with Crippen molar-refractivity contribution in [2.24, 2.45) is 0 Å². The van der Waals surface area contributed by atoms with E-state index in [1.165, 1.54) is 0 Å². The lowest BCUT2D eigenvalue weighted by Crippen LogP contribution is -2.37. The van der Waals surface area contributed by atoms with E-state index in [-0.39, 0.29) is 24.2 Å². The number of ketones is 1. The van der Waals surface area contributed by atoms with E-state index in [9.17, 15) is 14.4 Å². The van der Waals surface area contributed by atoms with Gasteiger partial charge in [-0.15, -0.1) is 0 Å². The Morgan fingerprint density at radius 3 is 2.77 bits per heavy atom. The van der Waals surface area contributed by atoms with Crippen molar-refractivity contribution in [1.82, 2.24) is 9.88 Å². The van der Waals surface area contributed by atoms with Crippen LogP contribution in [-0.2, 0) is 11.2 Å². The molecule has 0 aromatic carbocycles. The SMILES string of the molecule is Cc1c(C(=O)N2CCCC2CC(=O)O)[nH]c2c1C(=O)CCC2. The topological polar surface area (TPSA) is 90.5 Å². The zero-order valence-electron chi connectivity index (χ0n) is 12.6. The molecule has 2 heterocycles. The lowest BCUT2D eigenvalue weighted by Gasteiger charge is -2.23. The number of aliphatic carboxylic acids is 1. The highest BCUT2D eigenvalue weighted by Gasteiger charge is 2.34. The highest BCUT2D eigenvalue weighted by atomic mass is 16.4. The van der Waals surface area contributed by atoms with Crippen LogP contribution in [0.4, 0.5) is 0 Å².